The summed E-state index contributed by atoms with van der Waals surface area (Å²) in [7, 11) is 0. The first kappa shape index (κ1) is 18.9. The van der Waals surface area contributed by atoms with Crippen molar-refractivity contribution in [1.82, 2.24) is 10.3 Å². The lowest BCUT2D eigenvalue weighted by molar-refractivity contribution is -0.154. The highest BCUT2D eigenvalue weighted by atomic mass is 16.5. The van der Waals surface area contributed by atoms with Crippen LogP contribution in [0.3, 0.4) is 0 Å². The molecular formula is C21H21N3O5. The number of esters is 1. The summed E-state index contributed by atoms with van der Waals surface area (Å²) in [6.07, 6.45) is 2.70. The first-order valence-electron chi connectivity index (χ1n) is 9.47. The van der Waals surface area contributed by atoms with Gasteiger partial charge in [0.2, 0.25) is 5.91 Å². The molecule has 1 aromatic carbocycles. The molecule has 2 aliphatic rings. The number of furan rings is 1. The van der Waals surface area contributed by atoms with Crippen molar-refractivity contribution in [1.29, 1.82) is 0 Å². The van der Waals surface area contributed by atoms with Gasteiger partial charge < -0.3 is 14.5 Å². The van der Waals surface area contributed by atoms with Crippen LogP contribution < -0.4 is 5.32 Å². The smallest absolute Gasteiger partial charge is 0.329 e. The average Bonchev–Trinajstić information content (AvgIpc) is 3.46. The molecule has 8 heteroatoms. The van der Waals surface area contributed by atoms with E-state index in [1.54, 1.807) is 18.4 Å². The van der Waals surface area contributed by atoms with Gasteiger partial charge in [-0.1, -0.05) is 29.8 Å². The number of carbonyl (C=O) groups excluding carboxylic acids is 3. The van der Waals surface area contributed by atoms with Crippen molar-refractivity contribution < 1.29 is 23.5 Å². The summed E-state index contributed by atoms with van der Waals surface area (Å²) in [6.45, 7) is 1.55. The maximum atomic E-state index is 12.8. The second-order valence-corrected chi connectivity index (χ2v) is 7.15. The molecule has 1 aromatic heterocycles. The molecule has 0 bridgehead atoms. The van der Waals surface area contributed by atoms with E-state index >= 15 is 0 Å². The Bertz CT molecular complexity index is 949. The summed E-state index contributed by atoms with van der Waals surface area (Å²) in [4.78, 5) is 36.1. The topological polar surface area (TPSA) is 101 Å². The molecule has 4 rings (SSSR count). The van der Waals surface area contributed by atoms with Crippen LogP contribution in [0.15, 0.2) is 52.2 Å². The molecule has 1 saturated heterocycles. The van der Waals surface area contributed by atoms with Gasteiger partial charge in [-0.05, 0) is 31.0 Å². The Hall–Kier alpha value is -3.42. The Morgan fingerprint density at radius 1 is 1.28 bits per heavy atom. The summed E-state index contributed by atoms with van der Waals surface area (Å²) in [5.74, 6) is -0.645. The minimum absolute atomic E-state index is 0.192. The molecule has 2 aromatic rings. The van der Waals surface area contributed by atoms with E-state index in [4.69, 9.17) is 9.15 Å². The molecule has 29 heavy (non-hydrogen) atoms. The van der Waals surface area contributed by atoms with Gasteiger partial charge in [-0.2, -0.15) is 5.10 Å². The zero-order valence-electron chi connectivity index (χ0n) is 16.0. The third-order valence-electron chi connectivity index (χ3n) is 5.04. The third-order valence-corrected chi connectivity index (χ3v) is 5.04. The van der Waals surface area contributed by atoms with Crippen LogP contribution in [0.4, 0.5) is 0 Å². The fraction of sp³-hybridized carbons (Fsp3) is 0.333. The van der Waals surface area contributed by atoms with E-state index < -0.39 is 30.6 Å². The van der Waals surface area contributed by atoms with Crippen LogP contribution in [0.5, 0.6) is 0 Å². The minimum Gasteiger partial charge on any atom is -0.467 e. The predicted molar refractivity (Wildman–Crippen MR) is 103 cm³/mol. The van der Waals surface area contributed by atoms with Crippen LogP contribution in [-0.2, 0) is 19.1 Å². The monoisotopic (exact) mass is 395 g/mol. The first-order chi connectivity index (χ1) is 14.0. The lowest BCUT2D eigenvalue weighted by atomic mass is 10.0. The lowest BCUT2D eigenvalue weighted by Crippen LogP contribution is -2.37. The van der Waals surface area contributed by atoms with Gasteiger partial charge in [-0.3, -0.25) is 9.59 Å². The molecule has 1 N–H and O–H groups in total. The van der Waals surface area contributed by atoms with E-state index in [2.05, 4.69) is 10.4 Å². The van der Waals surface area contributed by atoms with Crippen molar-refractivity contribution in [2.24, 2.45) is 5.10 Å². The Morgan fingerprint density at radius 2 is 2.07 bits per heavy atom. The molecule has 2 aliphatic heterocycles. The van der Waals surface area contributed by atoms with Crippen molar-refractivity contribution in [2.75, 3.05) is 6.61 Å². The van der Waals surface area contributed by atoms with E-state index in [1.165, 1.54) is 5.01 Å². The molecule has 0 saturated carbocycles. The molecule has 150 valence electrons. The number of hydrogen-bond donors (Lipinski definition) is 1. The van der Waals surface area contributed by atoms with Crippen LogP contribution in [0.2, 0.25) is 0 Å². The molecule has 2 amide bonds. The van der Waals surface area contributed by atoms with Gasteiger partial charge in [-0.25, -0.2) is 9.80 Å². The Balaban J connectivity index is 1.48. The second kappa shape index (κ2) is 7.90. The lowest BCUT2D eigenvalue weighted by Gasteiger charge is -2.20. The van der Waals surface area contributed by atoms with Crippen LogP contribution >= 0.6 is 0 Å². The van der Waals surface area contributed by atoms with E-state index in [0.717, 1.165) is 16.8 Å². The Morgan fingerprint density at radius 3 is 2.72 bits per heavy atom. The highest BCUT2D eigenvalue weighted by molar-refractivity contribution is 6.03. The van der Waals surface area contributed by atoms with Gasteiger partial charge in [0.25, 0.3) is 5.91 Å². The summed E-state index contributed by atoms with van der Waals surface area (Å²) in [5.41, 5.74) is 2.82. The molecule has 0 spiro atoms. The van der Waals surface area contributed by atoms with E-state index in [1.807, 2.05) is 31.2 Å². The summed E-state index contributed by atoms with van der Waals surface area (Å²) < 4.78 is 10.6. The van der Waals surface area contributed by atoms with Crippen molar-refractivity contribution >= 4 is 23.5 Å². The first-order valence-corrected chi connectivity index (χ1v) is 9.47. The number of hydrazone groups is 1. The van der Waals surface area contributed by atoms with E-state index in [9.17, 15) is 14.4 Å². The SMILES string of the molecule is Cc1ccc(C2=NN(C(=O)COC(=O)[C@H]3CCC(=O)N3)[C@@H](c3ccco3)C2)cc1. The fourth-order valence-electron chi connectivity index (χ4n) is 3.45. The second-order valence-electron chi connectivity index (χ2n) is 7.15. The quantitative estimate of drug-likeness (QED) is 0.781. The van der Waals surface area contributed by atoms with Crippen LogP contribution in [0.1, 0.15) is 42.2 Å². The Labute approximate surface area is 167 Å². The summed E-state index contributed by atoms with van der Waals surface area (Å²) >= 11 is 0. The van der Waals surface area contributed by atoms with Gasteiger partial charge in [-0.15, -0.1) is 0 Å². The standard InChI is InChI=1S/C21H21N3O5/c1-13-4-6-14(7-5-13)16-11-17(18-3-2-10-28-18)24(23-16)20(26)12-29-21(27)15-8-9-19(25)22-15/h2-7,10,15,17H,8-9,11-12H2,1H3,(H,22,25)/t15-,17-/m1/s1. The van der Waals surface area contributed by atoms with Gasteiger partial charge in [0.05, 0.1) is 12.0 Å². The molecule has 8 nitrogen and oxygen atoms in total. The van der Waals surface area contributed by atoms with Crippen molar-refractivity contribution in [2.45, 2.75) is 38.3 Å². The largest absolute Gasteiger partial charge is 0.467 e. The summed E-state index contributed by atoms with van der Waals surface area (Å²) in [6, 6.07) is 10.3. The average molecular weight is 395 g/mol. The fourth-order valence-corrected chi connectivity index (χ4v) is 3.45. The molecule has 0 unspecified atom stereocenters. The van der Waals surface area contributed by atoms with Gasteiger partial charge >= 0.3 is 5.97 Å². The molecule has 0 aliphatic carbocycles. The number of nitrogens with one attached hydrogen (secondary N) is 1. The van der Waals surface area contributed by atoms with Crippen LogP contribution in [0.25, 0.3) is 0 Å². The number of benzene rings is 1. The molecule has 2 atom stereocenters. The number of carbonyl (C=O) groups is 3. The number of rotatable bonds is 5. The number of nitrogens with zero attached hydrogens (tertiary/aromatic N) is 2. The number of ether oxygens (including phenoxy) is 1. The van der Waals surface area contributed by atoms with Gasteiger partial charge in [0.15, 0.2) is 6.61 Å². The highest BCUT2D eigenvalue weighted by Gasteiger charge is 2.36. The molecule has 1 fully saturated rings. The maximum absolute atomic E-state index is 12.8. The number of aryl methyl sites for hydroxylation is 1. The van der Waals surface area contributed by atoms with Gasteiger partial charge in [0, 0.05) is 12.8 Å². The van der Waals surface area contributed by atoms with E-state index in [0.29, 0.717) is 18.6 Å². The van der Waals surface area contributed by atoms with Crippen molar-refractivity contribution in [3.05, 3.63) is 59.5 Å². The zero-order chi connectivity index (χ0) is 20.4. The number of hydrogen-bond acceptors (Lipinski definition) is 6. The Kier molecular flexibility index (Phi) is 5.16. The zero-order valence-corrected chi connectivity index (χ0v) is 16.0. The van der Waals surface area contributed by atoms with Crippen molar-refractivity contribution in [3.8, 4) is 0 Å². The molecular weight excluding hydrogens is 374 g/mol. The number of amides is 2. The predicted octanol–water partition coefficient (Wildman–Crippen LogP) is 2.09. The highest BCUT2D eigenvalue weighted by Crippen LogP contribution is 2.33. The van der Waals surface area contributed by atoms with E-state index in [-0.39, 0.29) is 12.3 Å². The molecule has 0 radical (unpaired) electrons. The maximum Gasteiger partial charge on any atom is 0.329 e. The summed E-state index contributed by atoms with van der Waals surface area (Å²) in [5, 5.41) is 8.34. The third kappa shape index (κ3) is 4.06. The van der Waals surface area contributed by atoms with Crippen LogP contribution in [-0.4, -0.2) is 41.2 Å². The van der Waals surface area contributed by atoms with Crippen molar-refractivity contribution in [3.63, 3.8) is 0 Å². The van der Waals surface area contributed by atoms with Gasteiger partial charge in [0.1, 0.15) is 17.8 Å². The van der Waals surface area contributed by atoms with Crippen LogP contribution in [0, 0.1) is 6.92 Å². The normalized spacial score (nSPS) is 21.1. The molecule has 3 heterocycles. The minimum atomic E-state index is -0.693.